The molecule has 0 saturated carbocycles. The van der Waals surface area contributed by atoms with Crippen molar-refractivity contribution in [2.45, 2.75) is 20.8 Å². The maximum atomic E-state index is 9.08. The zero-order chi connectivity index (χ0) is 15.2. The molecule has 0 bridgehead atoms. The molecule has 2 N–H and O–H groups in total. The molecule has 1 aromatic heterocycles. The predicted molar refractivity (Wildman–Crippen MR) is 83.7 cm³/mol. The summed E-state index contributed by atoms with van der Waals surface area (Å²) in [6.07, 6.45) is 0. The number of aromatic amines is 1. The van der Waals surface area contributed by atoms with Crippen molar-refractivity contribution in [2.75, 3.05) is 24.6 Å². The molecule has 0 radical (unpaired) electrons. The molecular formula is C15H21N5O. The lowest BCUT2D eigenvalue weighted by molar-refractivity contribution is 0.302. The number of aromatic nitrogens is 2. The maximum absolute atomic E-state index is 9.08. The first kappa shape index (κ1) is 15.2. The molecule has 1 heterocycles. The summed E-state index contributed by atoms with van der Waals surface area (Å²) in [4.78, 5) is 2.12. The normalized spacial score (nSPS) is 11.2. The standard InChI is InChI=1S/C15H21N5O/c1-4-20(7-8-21)13-5-6-14(11(2)9-13)17-19-15-10-12(3)16-18-15/h5-6,9-10,21H,4,7-8H2,1-3H3,(H,16,18). The summed E-state index contributed by atoms with van der Waals surface area (Å²) in [6, 6.07) is 7.83. The van der Waals surface area contributed by atoms with Crippen molar-refractivity contribution in [3.8, 4) is 0 Å². The quantitative estimate of drug-likeness (QED) is 0.800. The van der Waals surface area contributed by atoms with E-state index >= 15 is 0 Å². The fourth-order valence-corrected chi connectivity index (χ4v) is 2.10. The Morgan fingerprint density at radius 3 is 2.62 bits per heavy atom. The Labute approximate surface area is 124 Å². The average Bonchev–Trinajstić information content (AvgIpc) is 2.89. The van der Waals surface area contributed by atoms with Crippen molar-refractivity contribution in [1.29, 1.82) is 0 Å². The minimum atomic E-state index is 0.146. The summed E-state index contributed by atoms with van der Waals surface area (Å²) in [7, 11) is 0. The van der Waals surface area contributed by atoms with Crippen LogP contribution in [0.25, 0.3) is 0 Å². The van der Waals surface area contributed by atoms with E-state index in [0.29, 0.717) is 12.4 Å². The fraction of sp³-hybridized carbons (Fsp3) is 0.400. The number of nitrogens with one attached hydrogen (secondary N) is 1. The highest BCUT2D eigenvalue weighted by Gasteiger charge is 2.06. The van der Waals surface area contributed by atoms with Crippen LogP contribution >= 0.6 is 0 Å². The summed E-state index contributed by atoms with van der Waals surface area (Å²) in [6.45, 7) is 7.62. The van der Waals surface area contributed by atoms with Crippen LogP contribution < -0.4 is 4.90 Å². The van der Waals surface area contributed by atoms with Gasteiger partial charge in [-0.2, -0.15) is 5.10 Å². The molecule has 2 aromatic rings. The second-order valence-corrected chi connectivity index (χ2v) is 4.88. The number of H-pyrrole nitrogens is 1. The number of aryl methyl sites for hydroxylation is 2. The number of azo groups is 1. The van der Waals surface area contributed by atoms with Gasteiger partial charge in [0.15, 0.2) is 5.82 Å². The van der Waals surface area contributed by atoms with Gasteiger partial charge in [0.25, 0.3) is 0 Å². The van der Waals surface area contributed by atoms with Gasteiger partial charge in [-0.1, -0.05) is 0 Å². The van der Waals surface area contributed by atoms with Gasteiger partial charge in [-0.3, -0.25) is 5.10 Å². The molecule has 6 nitrogen and oxygen atoms in total. The largest absolute Gasteiger partial charge is 0.395 e. The topological polar surface area (TPSA) is 76.9 Å². The van der Waals surface area contributed by atoms with Crippen molar-refractivity contribution in [1.82, 2.24) is 10.2 Å². The Hall–Kier alpha value is -2.21. The van der Waals surface area contributed by atoms with Gasteiger partial charge in [-0.25, -0.2) is 0 Å². The minimum absolute atomic E-state index is 0.146. The van der Waals surface area contributed by atoms with E-state index in [0.717, 1.165) is 29.2 Å². The van der Waals surface area contributed by atoms with E-state index in [-0.39, 0.29) is 6.61 Å². The molecule has 0 spiro atoms. The lowest BCUT2D eigenvalue weighted by Gasteiger charge is -2.22. The van der Waals surface area contributed by atoms with E-state index in [4.69, 9.17) is 5.11 Å². The summed E-state index contributed by atoms with van der Waals surface area (Å²) in [5.74, 6) is 0.575. The molecule has 0 saturated heterocycles. The van der Waals surface area contributed by atoms with Crippen LogP contribution in [-0.2, 0) is 0 Å². The van der Waals surface area contributed by atoms with E-state index in [1.54, 1.807) is 0 Å². The van der Waals surface area contributed by atoms with Crippen molar-refractivity contribution in [2.24, 2.45) is 10.2 Å². The number of anilines is 1. The molecule has 0 amide bonds. The lowest BCUT2D eigenvalue weighted by atomic mass is 10.1. The first-order valence-electron chi connectivity index (χ1n) is 7.04. The molecule has 0 fully saturated rings. The SMILES string of the molecule is CCN(CCO)c1ccc(N=Nc2cc(C)[nH]n2)c(C)c1. The number of benzene rings is 1. The van der Waals surface area contributed by atoms with Crippen LogP contribution in [0.2, 0.25) is 0 Å². The molecule has 1 aromatic carbocycles. The van der Waals surface area contributed by atoms with Crippen LogP contribution in [0.1, 0.15) is 18.2 Å². The maximum Gasteiger partial charge on any atom is 0.195 e. The number of hydrogen-bond acceptors (Lipinski definition) is 5. The second kappa shape index (κ2) is 6.99. The zero-order valence-electron chi connectivity index (χ0n) is 12.7. The van der Waals surface area contributed by atoms with E-state index in [2.05, 4.69) is 38.3 Å². The third kappa shape index (κ3) is 3.88. The summed E-state index contributed by atoms with van der Waals surface area (Å²) in [5, 5.41) is 24.3. The first-order valence-corrected chi connectivity index (χ1v) is 7.04. The van der Waals surface area contributed by atoms with Gasteiger partial charge in [0.05, 0.1) is 12.3 Å². The minimum Gasteiger partial charge on any atom is -0.395 e. The van der Waals surface area contributed by atoms with Crippen molar-refractivity contribution >= 4 is 17.2 Å². The highest BCUT2D eigenvalue weighted by atomic mass is 16.3. The van der Waals surface area contributed by atoms with E-state index in [1.165, 1.54) is 0 Å². The molecule has 6 heteroatoms. The third-order valence-corrected chi connectivity index (χ3v) is 3.25. The Kier molecular flexibility index (Phi) is 5.05. The Balaban J connectivity index is 2.17. The number of hydrogen-bond donors (Lipinski definition) is 2. The summed E-state index contributed by atoms with van der Waals surface area (Å²) >= 11 is 0. The fourth-order valence-electron chi connectivity index (χ4n) is 2.10. The number of aliphatic hydroxyl groups excluding tert-OH is 1. The van der Waals surface area contributed by atoms with Crippen LogP contribution in [0.5, 0.6) is 0 Å². The van der Waals surface area contributed by atoms with E-state index < -0.39 is 0 Å². The molecule has 0 aliphatic carbocycles. The van der Waals surface area contributed by atoms with E-state index in [9.17, 15) is 0 Å². The smallest absolute Gasteiger partial charge is 0.195 e. The second-order valence-electron chi connectivity index (χ2n) is 4.88. The Bertz CT molecular complexity index is 620. The van der Waals surface area contributed by atoms with Crippen LogP contribution in [-0.4, -0.2) is 35.0 Å². The third-order valence-electron chi connectivity index (χ3n) is 3.25. The number of nitrogens with zero attached hydrogens (tertiary/aromatic N) is 4. The van der Waals surface area contributed by atoms with Gasteiger partial charge in [-0.15, -0.1) is 10.2 Å². The molecule has 21 heavy (non-hydrogen) atoms. The Morgan fingerprint density at radius 2 is 2.05 bits per heavy atom. The Morgan fingerprint density at radius 1 is 1.24 bits per heavy atom. The molecule has 2 rings (SSSR count). The van der Waals surface area contributed by atoms with Crippen molar-refractivity contribution < 1.29 is 5.11 Å². The van der Waals surface area contributed by atoms with Crippen LogP contribution in [0, 0.1) is 13.8 Å². The highest BCUT2D eigenvalue weighted by molar-refractivity contribution is 5.57. The average molecular weight is 287 g/mol. The molecule has 0 unspecified atom stereocenters. The summed E-state index contributed by atoms with van der Waals surface area (Å²) in [5.41, 5.74) is 3.90. The van der Waals surface area contributed by atoms with E-state index in [1.807, 2.05) is 32.0 Å². The first-order chi connectivity index (χ1) is 10.1. The van der Waals surface area contributed by atoms with Gasteiger partial charge < -0.3 is 10.0 Å². The van der Waals surface area contributed by atoms with Crippen LogP contribution in [0.15, 0.2) is 34.5 Å². The van der Waals surface area contributed by atoms with Gasteiger partial charge in [0, 0.05) is 30.5 Å². The van der Waals surface area contributed by atoms with Crippen LogP contribution in [0.4, 0.5) is 17.2 Å². The van der Waals surface area contributed by atoms with Crippen molar-refractivity contribution in [3.63, 3.8) is 0 Å². The molecular weight excluding hydrogens is 266 g/mol. The summed E-state index contributed by atoms with van der Waals surface area (Å²) < 4.78 is 0. The molecule has 0 atom stereocenters. The predicted octanol–water partition coefficient (Wildman–Crippen LogP) is 3.26. The van der Waals surface area contributed by atoms with Gasteiger partial charge in [0.2, 0.25) is 0 Å². The van der Waals surface area contributed by atoms with Crippen molar-refractivity contribution in [3.05, 3.63) is 35.5 Å². The number of aliphatic hydroxyl groups is 1. The molecule has 0 aliphatic rings. The number of rotatable bonds is 6. The zero-order valence-corrected chi connectivity index (χ0v) is 12.7. The van der Waals surface area contributed by atoms with Gasteiger partial charge in [0.1, 0.15) is 0 Å². The van der Waals surface area contributed by atoms with Gasteiger partial charge in [-0.05, 0) is 44.5 Å². The monoisotopic (exact) mass is 287 g/mol. The van der Waals surface area contributed by atoms with Gasteiger partial charge >= 0.3 is 0 Å². The highest BCUT2D eigenvalue weighted by Crippen LogP contribution is 2.26. The number of likely N-dealkylation sites (N-methyl/N-ethyl adjacent to an activating group) is 1. The molecule has 0 aliphatic heterocycles. The lowest BCUT2D eigenvalue weighted by Crippen LogP contribution is -2.26. The van der Waals surface area contributed by atoms with Crippen LogP contribution in [0.3, 0.4) is 0 Å². The molecule has 112 valence electrons.